The van der Waals surface area contributed by atoms with E-state index in [1.54, 1.807) is 0 Å². The van der Waals surface area contributed by atoms with Crippen molar-refractivity contribution >= 4 is 17.4 Å². The average Bonchev–Trinajstić information content (AvgIpc) is 2.67. The molecule has 0 saturated heterocycles. The summed E-state index contributed by atoms with van der Waals surface area (Å²) in [5.74, 6) is 0.906. The molecule has 5 heteroatoms. The van der Waals surface area contributed by atoms with Gasteiger partial charge in [0.1, 0.15) is 17.4 Å². The number of Topliss-reactive ketones (excluding diaryl/α,β-unsaturated/α-hetero) is 1. The van der Waals surface area contributed by atoms with Crippen LogP contribution >= 0.6 is 11.6 Å². The number of nitrogens with zero attached hydrogens (tertiary/aromatic N) is 1. The molecule has 0 amide bonds. The largest absolute Gasteiger partial charge is 0.444 e. The van der Waals surface area contributed by atoms with E-state index in [0.29, 0.717) is 46.7 Å². The number of hydrogen-bond acceptors (Lipinski definition) is 4. The van der Waals surface area contributed by atoms with Gasteiger partial charge in [-0.2, -0.15) is 5.26 Å². The third-order valence-corrected chi connectivity index (χ3v) is 6.44. The molecule has 0 spiro atoms. The number of halogens is 1. The minimum atomic E-state index is -0.407. The van der Waals surface area contributed by atoms with Crippen molar-refractivity contribution in [2.45, 2.75) is 70.8 Å². The molecule has 1 N–H and O–H groups in total. The van der Waals surface area contributed by atoms with Gasteiger partial charge in [0.05, 0.1) is 5.92 Å². The highest BCUT2D eigenvalue weighted by atomic mass is 35.5. The Morgan fingerprint density at radius 1 is 1.14 bits per heavy atom. The molecule has 1 heterocycles. The maximum Gasteiger partial charge on any atom is 0.207 e. The molecular weight excluding hydrogens is 384 g/mol. The van der Waals surface area contributed by atoms with Gasteiger partial charge in [-0.15, -0.1) is 0 Å². The molecule has 3 aliphatic rings. The zero-order chi connectivity index (χ0) is 20.6. The van der Waals surface area contributed by atoms with Crippen molar-refractivity contribution in [3.8, 4) is 6.07 Å². The minimum absolute atomic E-state index is 0.0701. The number of benzene rings is 1. The molecule has 1 aromatic rings. The first-order valence-electron chi connectivity index (χ1n) is 10.5. The highest BCUT2D eigenvalue weighted by Crippen LogP contribution is 2.48. The molecule has 4 nitrogen and oxygen atoms in total. The van der Waals surface area contributed by atoms with Gasteiger partial charge in [-0.3, -0.25) is 4.79 Å². The molecular formula is C24H27ClN2O2. The van der Waals surface area contributed by atoms with Gasteiger partial charge in [-0.05, 0) is 36.0 Å². The molecule has 1 fully saturated rings. The number of allylic oxidation sites excluding steroid dienone is 3. The lowest BCUT2D eigenvalue weighted by Crippen LogP contribution is -2.38. The first-order chi connectivity index (χ1) is 13.9. The molecule has 1 atom stereocenters. The van der Waals surface area contributed by atoms with Crippen LogP contribution in [0.15, 0.2) is 47.1 Å². The smallest absolute Gasteiger partial charge is 0.207 e. The van der Waals surface area contributed by atoms with Crippen LogP contribution in [-0.2, 0) is 9.53 Å². The Hall–Kier alpha value is -2.25. The fourth-order valence-corrected chi connectivity index (χ4v) is 4.91. The van der Waals surface area contributed by atoms with Crippen LogP contribution in [0, 0.1) is 16.7 Å². The molecule has 1 saturated carbocycles. The Morgan fingerprint density at radius 2 is 1.83 bits per heavy atom. The maximum absolute atomic E-state index is 13.1. The van der Waals surface area contributed by atoms with E-state index in [1.165, 1.54) is 19.3 Å². The van der Waals surface area contributed by atoms with Crippen LogP contribution in [0.25, 0.3) is 0 Å². The fourth-order valence-electron chi connectivity index (χ4n) is 4.79. The van der Waals surface area contributed by atoms with Crippen LogP contribution < -0.4 is 5.32 Å². The average molecular weight is 411 g/mol. The van der Waals surface area contributed by atoms with E-state index in [0.717, 1.165) is 18.4 Å². The summed E-state index contributed by atoms with van der Waals surface area (Å²) in [7, 11) is 0. The minimum Gasteiger partial charge on any atom is -0.444 e. The van der Waals surface area contributed by atoms with Crippen molar-refractivity contribution in [2.75, 3.05) is 0 Å². The number of carbonyl (C=O) groups excluding carboxylic acids is 1. The first kappa shape index (κ1) is 20.0. The molecule has 0 aromatic heterocycles. The molecule has 1 aliphatic heterocycles. The van der Waals surface area contributed by atoms with Crippen molar-refractivity contribution < 1.29 is 9.53 Å². The number of ketones is 1. The zero-order valence-electron chi connectivity index (χ0n) is 17.1. The molecule has 29 heavy (non-hydrogen) atoms. The molecule has 2 aliphatic carbocycles. The summed E-state index contributed by atoms with van der Waals surface area (Å²) in [4.78, 5) is 13.1. The van der Waals surface area contributed by atoms with Gasteiger partial charge in [0.2, 0.25) is 5.88 Å². The number of hydrogen-bond donors (Lipinski definition) is 1. The van der Waals surface area contributed by atoms with E-state index in [1.807, 2.05) is 24.3 Å². The quantitative estimate of drug-likeness (QED) is 0.688. The lowest BCUT2D eigenvalue weighted by Gasteiger charge is -2.39. The highest BCUT2D eigenvalue weighted by molar-refractivity contribution is 6.30. The highest BCUT2D eigenvalue weighted by Gasteiger charge is 2.43. The normalized spacial score (nSPS) is 24.6. The molecule has 4 rings (SSSR count). The summed E-state index contributed by atoms with van der Waals surface area (Å²) in [6, 6.07) is 10.1. The summed E-state index contributed by atoms with van der Waals surface area (Å²) in [5, 5.41) is 14.2. The number of nitriles is 1. The summed E-state index contributed by atoms with van der Waals surface area (Å²) in [5.41, 5.74) is 1.88. The number of carbonyl (C=O) groups is 1. The van der Waals surface area contributed by atoms with Gasteiger partial charge in [0.15, 0.2) is 5.78 Å². The van der Waals surface area contributed by atoms with Crippen LogP contribution in [0.5, 0.6) is 0 Å². The van der Waals surface area contributed by atoms with Gasteiger partial charge >= 0.3 is 0 Å². The molecule has 1 aromatic carbocycles. The van der Waals surface area contributed by atoms with E-state index in [9.17, 15) is 10.1 Å². The molecule has 0 bridgehead atoms. The van der Waals surface area contributed by atoms with Crippen molar-refractivity contribution in [1.82, 2.24) is 5.32 Å². The van der Waals surface area contributed by atoms with E-state index in [-0.39, 0.29) is 11.2 Å². The molecule has 0 radical (unpaired) electrons. The third-order valence-electron chi connectivity index (χ3n) is 6.19. The Bertz CT molecular complexity index is 915. The van der Waals surface area contributed by atoms with Gasteiger partial charge in [-0.25, -0.2) is 0 Å². The number of ether oxygens (including phenoxy) is 1. The Balaban J connectivity index is 1.79. The summed E-state index contributed by atoms with van der Waals surface area (Å²) >= 11 is 6.09. The SMILES string of the molecule is CC1(C)CC(=O)C2=C(C1)OC(NC1CCCCC1)=C(C#N)C2c1ccc(Cl)cc1. The van der Waals surface area contributed by atoms with Crippen molar-refractivity contribution in [2.24, 2.45) is 5.41 Å². The summed E-state index contributed by atoms with van der Waals surface area (Å²) in [6.07, 6.45) is 6.94. The second-order valence-corrected chi connectivity index (χ2v) is 9.63. The Kier molecular flexibility index (Phi) is 5.44. The third kappa shape index (κ3) is 4.07. The van der Waals surface area contributed by atoms with Crippen molar-refractivity contribution in [1.29, 1.82) is 5.26 Å². The van der Waals surface area contributed by atoms with E-state index < -0.39 is 5.92 Å². The topological polar surface area (TPSA) is 62.1 Å². The fraction of sp³-hybridized carbons (Fsp3) is 0.500. The van der Waals surface area contributed by atoms with Crippen LogP contribution in [0.2, 0.25) is 5.02 Å². The lowest BCUT2D eigenvalue weighted by molar-refractivity contribution is -0.119. The summed E-state index contributed by atoms with van der Waals surface area (Å²) < 4.78 is 6.26. The van der Waals surface area contributed by atoms with Gasteiger partial charge in [-0.1, -0.05) is 56.8 Å². The number of nitrogens with one attached hydrogen (secondary N) is 1. The van der Waals surface area contributed by atoms with Crippen molar-refractivity contribution in [3.05, 3.63) is 57.6 Å². The van der Waals surface area contributed by atoms with Crippen LogP contribution in [0.3, 0.4) is 0 Å². The molecule has 152 valence electrons. The Labute approximate surface area is 177 Å². The van der Waals surface area contributed by atoms with Gasteiger partial charge < -0.3 is 10.1 Å². The van der Waals surface area contributed by atoms with E-state index in [2.05, 4.69) is 25.2 Å². The summed E-state index contributed by atoms with van der Waals surface area (Å²) in [6.45, 7) is 4.18. The predicted molar refractivity (Wildman–Crippen MR) is 113 cm³/mol. The first-order valence-corrected chi connectivity index (χ1v) is 10.9. The lowest BCUT2D eigenvalue weighted by atomic mass is 9.70. The maximum atomic E-state index is 13.1. The van der Waals surface area contributed by atoms with Gasteiger partial charge in [0.25, 0.3) is 0 Å². The van der Waals surface area contributed by atoms with Crippen LogP contribution in [0.1, 0.15) is 70.3 Å². The van der Waals surface area contributed by atoms with Crippen molar-refractivity contribution in [3.63, 3.8) is 0 Å². The van der Waals surface area contributed by atoms with E-state index in [4.69, 9.17) is 16.3 Å². The monoisotopic (exact) mass is 410 g/mol. The van der Waals surface area contributed by atoms with Crippen LogP contribution in [-0.4, -0.2) is 11.8 Å². The van der Waals surface area contributed by atoms with Gasteiger partial charge in [0, 0.05) is 29.5 Å². The van der Waals surface area contributed by atoms with Crippen LogP contribution in [0.4, 0.5) is 0 Å². The standard InChI is InChI=1S/C24H27ClN2O2/c1-24(2)12-19(28)22-20(13-24)29-23(27-17-6-4-3-5-7-17)18(14-26)21(22)15-8-10-16(25)11-9-15/h8-11,17,21,27H,3-7,12-13H2,1-2H3. The zero-order valence-corrected chi connectivity index (χ0v) is 17.8. The Morgan fingerprint density at radius 3 is 2.48 bits per heavy atom. The number of rotatable bonds is 3. The molecule has 1 unspecified atom stereocenters. The van der Waals surface area contributed by atoms with E-state index >= 15 is 0 Å². The second kappa shape index (κ2) is 7.88. The second-order valence-electron chi connectivity index (χ2n) is 9.20. The predicted octanol–water partition coefficient (Wildman–Crippen LogP) is 5.75.